The van der Waals surface area contributed by atoms with Crippen LogP contribution in [0.25, 0.3) is 10.9 Å². The molecule has 0 radical (unpaired) electrons. The molecular formula is C35H46F2N6O5S. The maximum Gasteiger partial charge on any atom is 0.323 e. The average Bonchev–Trinajstić information content (AvgIpc) is 3.70. The van der Waals surface area contributed by atoms with Gasteiger partial charge >= 0.3 is 5.97 Å². The number of halogens is 2. The molecule has 2 saturated heterocycles. The molecule has 6 rings (SSSR count). The quantitative estimate of drug-likeness (QED) is 0.229. The number of esters is 1. The summed E-state index contributed by atoms with van der Waals surface area (Å²) >= 11 is 0. The Labute approximate surface area is 286 Å². The number of carbonyl (C=O) groups is 2. The molecule has 3 aromatic rings. The fourth-order valence-corrected chi connectivity index (χ4v) is 7.69. The Morgan fingerprint density at radius 3 is 2.20 bits per heavy atom. The summed E-state index contributed by atoms with van der Waals surface area (Å²) in [6.07, 6.45) is 5.85. The Balaban J connectivity index is 1.23. The summed E-state index contributed by atoms with van der Waals surface area (Å²) < 4.78 is 63.5. The highest BCUT2D eigenvalue weighted by molar-refractivity contribution is 7.92. The van der Waals surface area contributed by atoms with Gasteiger partial charge in [0.15, 0.2) is 0 Å². The second kappa shape index (κ2) is 13.4. The van der Waals surface area contributed by atoms with Gasteiger partial charge in [-0.1, -0.05) is 13.8 Å². The largest absolute Gasteiger partial charge is 0.463 e. The lowest BCUT2D eigenvalue weighted by atomic mass is 9.93. The third-order valence-electron chi connectivity index (χ3n) is 10.3. The van der Waals surface area contributed by atoms with Gasteiger partial charge in [0.25, 0.3) is 11.8 Å². The Hall–Kier alpha value is -3.91. The monoisotopic (exact) mass is 700 g/mol. The number of fused-ring (bicyclic) bond motifs is 1. The Kier molecular flexibility index (Phi) is 9.57. The molecule has 2 aromatic carbocycles. The van der Waals surface area contributed by atoms with Gasteiger partial charge in [0.05, 0.1) is 28.1 Å². The molecule has 2 aliphatic heterocycles. The summed E-state index contributed by atoms with van der Waals surface area (Å²) in [6.45, 7) is 5.10. The number of rotatable bonds is 11. The Morgan fingerprint density at radius 1 is 0.918 bits per heavy atom. The third kappa shape index (κ3) is 7.95. The average molecular weight is 701 g/mol. The molecule has 1 amide bonds. The van der Waals surface area contributed by atoms with Crippen molar-refractivity contribution in [2.45, 2.75) is 64.3 Å². The van der Waals surface area contributed by atoms with Crippen LogP contribution in [0.5, 0.6) is 0 Å². The first-order chi connectivity index (χ1) is 23.1. The number of hydrogen-bond acceptors (Lipinski definition) is 8. The molecule has 3 aliphatic rings. The van der Waals surface area contributed by atoms with Gasteiger partial charge in [-0.2, -0.15) is 0 Å². The van der Waals surface area contributed by atoms with E-state index in [-0.39, 0.29) is 44.4 Å². The number of nitrogens with zero attached hydrogens (tertiary/aromatic N) is 3. The van der Waals surface area contributed by atoms with E-state index in [0.717, 1.165) is 42.5 Å². The zero-order chi connectivity index (χ0) is 35.1. The van der Waals surface area contributed by atoms with E-state index in [1.807, 2.05) is 40.9 Å². The number of aryl methyl sites for hydroxylation is 1. The van der Waals surface area contributed by atoms with Crippen molar-refractivity contribution < 1.29 is 31.5 Å². The molecule has 11 nitrogen and oxygen atoms in total. The van der Waals surface area contributed by atoms with Gasteiger partial charge in [-0.3, -0.25) is 14.3 Å². The van der Waals surface area contributed by atoms with Gasteiger partial charge in [-0.15, -0.1) is 0 Å². The minimum Gasteiger partial charge on any atom is -0.463 e. The lowest BCUT2D eigenvalue weighted by Gasteiger charge is -2.35. The van der Waals surface area contributed by atoms with E-state index in [2.05, 4.69) is 14.9 Å². The lowest BCUT2D eigenvalue weighted by Crippen LogP contribution is -2.39. The fraction of sp³-hybridized carbons (Fsp3) is 0.543. The van der Waals surface area contributed by atoms with Crippen molar-refractivity contribution in [2.75, 3.05) is 58.4 Å². The van der Waals surface area contributed by atoms with Crippen molar-refractivity contribution in [3.8, 4) is 0 Å². The number of hydrogen-bond donors (Lipinski definition) is 3. The fourth-order valence-electron chi connectivity index (χ4n) is 6.80. The van der Waals surface area contributed by atoms with Gasteiger partial charge in [0, 0.05) is 63.3 Å². The number of sulfonamides is 1. The van der Waals surface area contributed by atoms with Crippen molar-refractivity contribution in [3.05, 3.63) is 48.2 Å². The first kappa shape index (κ1) is 34.9. The highest BCUT2D eigenvalue weighted by atomic mass is 32.2. The van der Waals surface area contributed by atoms with Gasteiger partial charge in [-0.25, -0.2) is 17.2 Å². The Morgan fingerprint density at radius 2 is 1.55 bits per heavy atom. The molecule has 1 aromatic heterocycles. The number of carbonyl (C=O) groups excluding carboxylic acids is 2. The molecule has 3 fully saturated rings. The predicted molar refractivity (Wildman–Crippen MR) is 188 cm³/mol. The first-order valence-corrected chi connectivity index (χ1v) is 18.6. The normalized spacial score (nSPS) is 19.2. The maximum absolute atomic E-state index is 14.0. The molecule has 0 bridgehead atoms. The summed E-state index contributed by atoms with van der Waals surface area (Å²) in [5.74, 6) is -4.30. The molecular weight excluding hydrogens is 654 g/mol. The number of nitrogens with two attached hydrogens (primary N) is 1. The van der Waals surface area contributed by atoms with Crippen LogP contribution >= 0.6 is 0 Å². The zero-order valence-electron chi connectivity index (χ0n) is 28.3. The van der Waals surface area contributed by atoms with Crippen LogP contribution < -0.4 is 25.6 Å². The van der Waals surface area contributed by atoms with E-state index in [0.29, 0.717) is 28.0 Å². The van der Waals surface area contributed by atoms with Gasteiger partial charge < -0.3 is 30.2 Å². The zero-order valence-corrected chi connectivity index (χ0v) is 29.1. The topological polar surface area (TPSA) is 139 Å². The summed E-state index contributed by atoms with van der Waals surface area (Å²) in [6, 6.07) is 9.64. The number of anilines is 4. The van der Waals surface area contributed by atoms with Crippen molar-refractivity contribution >= 4 is 55.6 Å². The molecule has 1 saturated carbocycles. The van der Waals surface area contributed by atoms with Crippen molar-refractivity contribution in [1.82, 2.24) is 4.57 Å². The summed E-state index contributed by atoms with van der Waals surface area (Å²) in [5, 5.41) is 3.91. The molecule has 1 aliphatic carbocycles. The highest BCUT2D eigenvalue weighted by Crippen LogP contribution is 2.54. The second-order valence-electron chi connectivity index (χ2n) is 14.2. The minimum absolute atomic E-state index is 0.144. The van der Waals surface area contributed by atoms with E-state index in [4.69, 9.17) is 10.5 Å². The van der Waals surface area contributed by atoms with Crippen molar-refractivity contribution in [1.29, 1.82) is 0 Å². The van der Waals surface area contributed by atoms with Gasteiger partial charge in [0.2, 0.25) is 10.0 Å². The molecule has 1 atom stereocenters. The molecule has 266 valence electrons. The number of aromatic nitrogens is 1. The van der Waals surface area contributed by atoms with E-state index in [1.165, 1.54) is 12.8 Å². The molecule has 49 heavy (non-hydrogen) atoms. The smallest absolute Gasteiger partial charge is 0.323 e. The molecule has 4 N–H and O–H groups in total. The SMILES string of the molecule is CC(C)[C@@H](N)C(=O)OCCS(=O)(=O)Nc1ccc(C(=O)Nc2cc(N3CCC(F)(F)CC3)c3c(ccn3C)c2)c(N2CCC3(CC2)CC3)c1. The van der Waals surface area contributed by atoms with Crippen molar-refractivity contribution in [3.63, 3.8) is 0 Å². The maximum atomic E-state index is 14.0. The van der Waals surface area contributed by atoms with Crippen LogP contribution in [0.4, 0.5) is 31.5 Å². The van der Waals surface area contributed by atoms with E-state index < -0.39 is 33.7 Å². The lowest BCUT2D eigenvalue weighted by molar-refractivity contribution is -0.145. The van der Waals surface area contributed by atoms with Crippen LogP contribution in [0.1, 0.15) is 62.7 Å². The molecule has 0 unspecified atom stereocenters. The van der Waals surface area contributed by atoms with Crippen LogP contribution in [0.15, 0.2) is 42.6 Å². The molecule has 3 heterocycles. The van der Waals surface area contributed by atoms with Crippen LogP contribution in [0, 0.1) is 11.3 Å². The number of alkyl halides is 2. The van der Waals surface area contributed by atoms with Crippen molar-refractivity contribution in [2.24, 2.45) is 24.1 Å². The number of benzene rings is 2. The third-order valence-corrected chi connectivity index (χ3v) is 11.5. The molecule has 14 heteroatoms. The van der Waals surface area contributed by atoms with E-state index >= 15 is 0 Å². The second-order valence-corrected chi connectivity index (χ2v) is 16.1. The summed E-state index contributed by atoms with van der Waals surface area (Å²) in [7, 11) is -1.99. The number of amides is 1. The van der Waals surface area contributed by atoms with E-state index in [1.54, 1.807) is 32.0 Å². The highest BCUT2D eigenvalue weighted by Gasteiger charge is 2.44. The summed E-state index contributed by atoms with van der Waals surface area (Å²) in [4.78, 5) is 30.1. The molecule has 1 spiro atoms. The standard InChI is InChI=1S/C35H46F2N6O5S/c1-23(2)30(38)33(45)48-18-19-49(46,47)40-25-4-5-27(28(21-25)42-14-9-34(7-8-34)10-15-42)32(44)39-26-20-24-6-13-41(3)31(24)29(22-26)43-16-11-35(36,37)12-17-43/h4-6,13,20-23,30,40H,7-12,14-19,38H2,1-3H3,(H,39,44)/t30-/m1/s1. The van der Waals surface area contributed by atoms with Gasteiger partial charge in [0.1, 0.15) is 18.4 Å². The van der Waals surface area contributed by atoms with Crippen LogP contribution in [-0.2, 0) is 26.6 Å². The number of ether oxygens (including phenoxy) is 1. The van der Waals surface area contributed by atoms with E-state index in [9.17, 15) is 26.8 Å². The number of nitrogens with one attached hydrogen (secondary N) is 2. The van der Waals surface area contributed by atoms with Crippen LogP contribution in [-0.4, -0.2) is 75.4 Å². The van der Waals surface area contributed by atoms with Gasteiger partial charge in [-0.05, 0) is 73.4 Å². The Bertz CT molecular complexity index is 1820. The predicted octanol–water partition coefficient (Wildman–Crippen LogP) is 5.31. The minimum atomic E-state index is -3.90. The summed E-state index contributed by atoms with van der Waals surface area (Å²) in [5.41, 5.74) is 9.69. The number of piperidine rings is 2. The van der Waals surface area contributed by atoms with Crippen LogP contribution in [0.3, 0.4) is 0 Å². The van der Waals surface area contributed by atoms with Crippen LogP contribution in [0.2, 0.25) is 0 Å². The first-order valence-electron chi connectivity index (χ1n) is 17.0.